The lowest BCUT2D eigenvalue weighted by atomic mass is 9.86. The predicted octanol–water partition coefficient (Wildman–Crippen LogP) is 2.22. The zero-order valence-electron chi connectivity index (χ0n) is 13.1. The van der Waals surface area contributed by atoms with Gasteiger partial charge in [-0.3, -0.25) is 4.90 Å². The highest BCUT2D eigenvalue weighted by Crippen LogP contribution is 2.26. The summed E-state index contributed by atoms with van der Waals surface area (Å²) in [4.78, 5) is 6.68. The molecule has 0 spiro atoms. The zero-order chi connectivity index (χ0) is 14.5. The summed E-state index contributed by atoms with van der Waals surface area (Å²) in [5.41, 5.74) is -0.144. The van der Waals surface area contributed by atoms with E-state index < -0.39 is 0 Å². The molecule has 0 radical (unpaired) electrons. The Morgan fingerprint density at radius 2 is 2.00 bits per heavy atom. The molecule has 0 saturated heterocycles. The van der Waals surface area contributed by atoms with Crippen molar-refractivity contribution in [3.63, 3.8) is 0 Å². The van der Waals surface area contributed by atoms with Crippen molar-refractivity contribution in [2.75, 3.05) is 13.1 Å². The quantitative estimate of drug-likeness (QED) is 0.785. The summed E-state index contributed by atoms with van der Waals surface area (Å²) in [6, 6.07) is 0. The standard InChI is InChI=1S/C15H29N3O/c1-6-15(4,18(7-2)8-3)13(19)9-10-14-16-11-12-17(14)5/h11-13,19H,6-10H2,1-5H3. The highest BCUT2D eigenvalue weighted by atomic mass is 16.3. The Hall–Kier alpha value is -0.870. The molecule has 0 bridgehead atoms. The lowest BCUT2D eigenvalue weighted by Gasteiger charge is -2.43. The minimum Gasteiger partial charge on any atom is -0.391 e. The van der Waals surface area contributed by atoms with Crippen LogP contribution in [0, 0.1) is 0 Å². The van der Waals surface area contributed by atoms with Crippen LogP contribution < -0.4 is 0 Å². The monoisotopic (exact) mass is 267 g/mol. The first-order valence-electron chi connectivity index (χ1n) is 7.38. The van der Waals surface area contributed by atoms with Crippen LogP contribution in [-0.2, 0) is 13.5 Å². The normalized spacial score (nSPS) is 16.6. The molecule has 0 aliphatic rings. The summed E-state index contributed by atoms with van der Waals surface area (Å²) >= 11 is 0. The third-order valence-corrected chi connectivity index (χ3v) is 4.48. The maximum absolute atomic E-state index is 10.6. The molecular weight excluding hydrogens is 238 g/mol. The van der Waals surface area contributed by atoms with E-state index in [0.717, 1.165) is 38.2 Å². The third-order valence-electron chi connectivity index (χ3n) is 4.48. The van der Waals surface area contributed by atoms with Gasteiger partial charge in [0.2, 0.25) is 0 Å². The van der Waals surface area contributed by atoms with Crippen molar-refractivity contribution in [1.82, 2.24) is 14.5 Å². The number of hydrogen-bond acceptors (Lipinski definition) is 3. The number of rotatable bonds is 8. The summed E-state index contributed by atoms with van der Waals surface area (Å²) in [6.45, 7) is 10.6. The van der Waals surface area contributed by atoms with Gasteiger partial charge in [-0.1, -0.05) is 20.8 Å². The summed E-state index contributed by atoms with van der Waals surface area (Å²) < 4.78 is 2.02. The molecule has 1 N–H and O–H groups in total. The Morgan fingerprint density at radius 1 is 1.37 bits per heavy atom. The van der Waals surface area contributed by atoms with Crippen LogP contribution in [0.2, 0.25) is 0 Å². The topological polar surface area (TPSA) is 41.3 Å². The fourth-order valence-corrected chi connectivity index (χ4v) is 2.83. The van der Waals surface area contributed by atoms with Gasteiger partial charge in [0.25, 0.3) is 0 Å². The zero-order valence-corrected chi connectivity index (χ0v) is 13.1. The molecule has 0 aliphatic heterocycles. The van der Waals surface area contributed by atoms with Crippen molar-refractivity contribution in [1.29, 1.82) is 0 Å². The van der Waals surface area contributed by atoms with Gasteiger partial charge in [0.15, 0.2) is 0 Å². The maximum atomic E-state index is 10.6. The molecule has 1 rings (SSSR count). The second kappa shape index (κ2) is 7.06. The first-order chi connectivity index (χ1) is 8.99. The van der Waals surface area contributed by atoms with E-state index in [9.17, 15) is 5.11 Å². The van der Waals surface area contributed by atoms with E-state index in [0.29, 0.717) is 0 Å². The van der Waals surface area contributed by atoms with E-state index in [1.165, 1.54) is 0 Å². The second-order valence-corrected chi connectivity index (χ2v) is 5.39. The first kappa shape index (κ1) is 16.2. The van der Waals surface area contributed by atoms with Crippen molar-refractivity contribution in [3.8, 4) is 0 Å². The molecule has 19 heavy (non-hydrogen) atoms. The summed E-state index contributed by atoms with van der Waals surface area (Å²) in [5.74, 6) is 1.04. The van der Waals surface area contributed by atoms with Gasteiger partial charge in [-0.25, -0.2) is 4.98 Å². The lowest BCUT2D eigenvalue weighted by Crippen LogP contribution is -2.54. The van der Waals surface area contributed by atoms with Gasteiger partial charge in [0.1, 0.15) is 5.82 Å². The number of likely N-dealkylation sites (N-methyl/N-ethyl adjacent to an activating group) is 1. The van der Waals surface area contributed by atoms with E-state index in [2.05, 4.69) is 37.6 Å². The van der Waals surface area contributed by atoms with E-state index in [1.54, 1.807) is 0 Å². The van der Waals surface area contributed by atoms with Crippen LogP contribution in [0.3, 0.4) is 0 Å². The van der Waals surface area contributed by atoms with E-state index in [1.807, 2.05) is 24.0 Å². The van der Waals surface area contributed by atoms with Gasteiger partial charge < -0.3 is 9.67 Å². The molecule has 2 unspecified atom stereocenters. The average Bonchev–Trinajstić information content (AvgIpc) is 2.82. The smallest absolute Gasteiger partial charge is 0.108 e. The molecule has 0 aromatic carbocycles. The van der Waals surface area contributed by atoms with Crippen molar-refractivity contribution < 1.29 is 5.11 Å². The highest BCUT2D eigenvalue weighted by molar-refractivity contribution is 4.96. The first-order valence-corrected chi connectivity index (χ1v) is 7.38. The van der Waals surface area contributed by atoms with Crippen LogP contribution in [0.1, 0.15) is 46.4 Å². The van der Waals surface area contributed by atoms with E-state index >= 15 is 0 Å². The van der Waals surface area contributed by atoms with Crippen LogP contribution >= 0.6 is 0 Å². The van der Waals surface area contributed by atoms with Crippen LogP contribution in [0.5, 0.6) is 0 Å². The van der Waals surface area contributed by atoms with Gasteiger partial charge >= 0.3 is 0 Å². The maximum Gasteiger partial charge on any atom is 0.108 e. The SMILES string of the molecule is CCN(CC)C(C)(CC)C(O)CCc1nccn1C. The van der Waals surface area contributed by atoms with Crippen LogP contribution in [0.15, 0.2) is 12.4 Å². The van der Waals surface area contributed by atoms with Gasteiger partial charge in [-0.15, -0.1) is 0 Å². The van der Waals surface area contributed by atoms with Crippen molar-refractivity contribution in [2.45, 2.75) is 58.6 Å². The Morgan fingerprint density at radius 3 is 2.42 bits per heavy atom. The number of aromatic nitrogens is 2. The number of hydrogen-bond donors (Lipinski definition) is 1. The molecule has 4 heteroatoms. The molecule has 1 aromatic heterocycles. The Bertz CT molecular complexity index is 373. The molecule has 4 nitrogen and oxygen atoms in total. The van der Waals surface area contributed by atoms with E-state index in [4.69, 9.17) is 0 Å². The second-order valence-electron chi connectivity index (χ2n) is 5.39. The Balaban J connectivity index is 2.68. The Labute approximate surface area is 117 Å². The predicted molar refractivity (Wildman–Crippen MR) is 79.2 cm³/mol. The largest absolute Gasteiger partial charge is 0.391 e. The summed E-state index contributed by atoms with van der Waals surface area (Å²) in [7, 11) is 2.00. The van der Waals surface area contributed by atoms with Gasteiger partial charge in [-0.2, -0.15) is 0 Å². The number of aliphatic hydroxyl groups is 1. The fourth-order valence-electron chi connectivity index (χ4n) is 2.83. The van der Waals surface area contributed by atoms with Crippen LogP contribution in [0.4, 0.5) is 0 Å². The molecule has 110 valence electrons. The molecular formula is C15H29N3O. The van der Waals surface area contributed by atoms with Crippen molar-refractivity contribution >= 4 is 0 Å². The van der Waals surface area contributed by atoms with Crippen molar-refractivity contribution in [3.05, 3.63) is 18.2 Å². The molecule has 0 aliphatic carbocycles. The molecule has 0 saturated carbocycles. The molecule has 0 fully saturated rings. The third kappa shape index (κ3) is 3.57. The molecule has 1 aromatic rings. The summed E-state index contributed by atoms with van der Waals surface area (Å²) in [6.07, 6.45) is 5.97. The fraction of sp³-hybridized carbons (Fsp3) is 0.800. The molecule has 1 heterocycles. The van der Waals surface area contributed by atoms with Crippen molar-refractivity contribution in [2.24, 2.45) is 7.05 Å². The van der Waals surface area contributed by atoms with Crippen LogP contribution in [0.25, 0.3) is 0 Å². The van der Waals surface area contributed by atoms with Crippen LogP contribution in [-0.4, -0.2) is 44.3 Å². The Kier molecular flexibility index (Phi) is 6.01. The minimum atomic E-state index is -0.325. The van der Waals surface area contributed by atoms with E-state index in [-0.39, 0.29) is 11.6 Å². The molecule has 0 amide bonds. The van der Waals surface area contributed by atoms with Gasteiger partial charge in [0.05, 0.1) is 6.10 Å². The minimum absolute atomic E-state index is 0.144. The number of imidazole rings is 1. The summed E-state index contributed by atoms with van der Waals surface area (Å²) in [5, 5.41) is 10.6. The van der Waals surface area contributed by atoms with Gasteiger partial charge in [0, 0.05) is 31.4 Å². The lowest BCUT2D eigenvalue weighted by molar-refractivity contribution is -0.0237. The number of aryl methyl sites for hydroxylation is 2. The number of nitrogens with zero attached hydrogens (tertiary/aromatic N) is 3. The van der Waals surface area contributed by atoms with Gasteiger partial charge in [-0.05, 0) is 32.9 Å². The average molecular weight is 267 g/mol. The highest BCUT2D eigenvalue weighted by Gasteiger charge is 2.35. The number of aliphatic hydroxyl groups excluding tert-OH is 1. The molecule has 2 atom stereocenters.